The van der Waals surface area contributed by atoms with E-state index in [-0.39, 0.29) is 12.7 Å². The fourth-order valence-electron chi connectivity index (χ4n) is 2.93. The summed E-state index contributed by atoms with van der Waals surface area (Å²) in [6.07, 6.45) is 3.46. The predicted molar refractivity (Wildman–Crippen MR) is 85.6 cm³/mol. The fraction of sp³-hybridized carbons (Fsp3) is 0.353. The van der Waals surface area contributed by atoms with Crippen LogP contribution in [0.15, 0.2) is 29.6 Å². The van der Waals surface area contributed by atoms with Crippen LogP contribution in [0.25, 0.3) is 10.4 Å². The lowest BCUT2D eigenvalue weighted by Crippen LogP contribution is -2.35. The molecule has 1 aromatic heterocycles. The van der Waals surface area contributed by atoms with Crippen LogP contribution in [0.5, 0.6) is 11.5 Å². The molecule has 0 saturated carbocycles. The van der Waals surface area contributed by atoms with Crippen LogP contribution >= 0.6 is 11.3 Å². The van der Waals surface area contributed by atoms with Crippen molar-refractivity contribution >= 4 is 17.2 Å². The molecule has 0 N–H and O–H groups in total. The van der Waals surface area contributed by atoms with Crippen molar-refractivity contribution in [1.29, 1.82) is 0 Å². The minimum Gasteiger partial charge on any atom is -0.454 e. The van der Waals surface area contributed by atoms with Gasteiger partial charge >= 0.3 is 0 Å². The Morgan fingerprint density at radius 1 is 1.05 bits per heavy atom. The molecule has 1 saturated heterocycles. The van der Waals surface area contributed by atoms with Crippen LogP contribution < -0.4 is 9.47 Å². The maximum Gasteiger partial charge on any atom is 0.254 e. The molecule has 0 atom stereocenters. The second kappa shape index (κ2) is 5.65. The van der Waals surface area contributed by atoms with Gasteiger partial charge in [-0.3, -0.25) is 4.79 Å². The van der Waals surface area contributed by atoms with Crippen LogP contribution in [-0.2, 0) is 0 Å². The van der Waals surface area contributed by atoms with E-state index in [1.165, 1.54) is 6.42 Å². The van der Waals surface area contributed by atoms with Crippen LogP contribution in [0.1, 0.15) is 29.6 Å². The van der Waals surface area contributed by atoms with Gasteiger partial charge in [0.2, 0.25) is 6.79 Å². The molecule has 114 valence electrons. The Kier molecular flexibility index (Phi) is 3.50. The lowest BCUT2D eigenvalue weighted by molar-refractivity contribution is 0.0725. The third kappa shape index (κ3) is 2.46. The first-order valence-electron chi connectivity index (χ1n) is 7.59. The monoisotopic (exact) mass is 315 g/mol. The van der Waals surface area contributed by atoms with Gasteiger partial charge < -0.3 is 14.4 Å². The Morgan fingerprint density at radius 3 is 2.73 bits per heavy atom. The average molecular weight is 315 g/mol. The number of carbonyl (C=O) groups excluding carboxylic acids is 1. The van der Waals surface area contributed by atoms with Gasteiger partial charge in [-0.15, -0.1) is 11.3 Å². The topological polar surface area (TPSA) is 38.8 Å². The van der Waals surface area contributed by atoms with Gasteiger partial charge in [-0.05, 0) is 49.1 Å². The first-order chi connectivity index (χ1) is 10.8. The Labute approximate surface area is 133 Å². The summed E-state index contributed by atoms with van der Waals surface area (Å²) in [4.78, 5) is 15.6. The number of nitrogens with zero attached hydrogens (tertiary/aromatic N) is 1. The smallest absolute Gasteiger partial charge is 0.254 e. The molecule has 22 heavy (non-hydrogen) atoms. The molecule has 2 aromatic rings. The molecule has 0 unspecified atom stereocenters. The van der Waals surface area contributed by atoms with Gasteiger partial charge in [0.25, 0.3) is 5.91 Å². The zero-order chi connectivity index (χ0) is 14.9. The van der Waals surface area contributed by atoms with Gasteiger partial charge in [0.1, 0.15) is 0 Å². The number of piperidine rings is 1. The van der Waals surface area contributed by atoms with Crippen LogP contribution in [-0.4, -0.2) is 30.7 Å². The molecule has 5 heteroatoms. The van der Waals surface area contributed by atoms with E-state index < -0.39 is 0 Å². The predicted octanol–water partition coefficient (Wildman–Crippen LogP) is 3.77. The van der Waals surface area contributed by atoms with Crippen molar-refractivity contribution in [3.05, 3.63) is 35.2 Å². The summed E-state index contributed by atoms with van der Waals surface area (Å²) < 4.78 is 10.7. The number of hydrogen-bond donors (Lipinski definition) is 0. The summed E-state index contributed by atoms with van der Waals surface area (Å²) in [5, 5.41) is 1.96. The largest absolute Gasteiger partial charge is 0.454 e. The minimum absolute atomic E-state index is 0.156. The van der Waals surface area contributed by atoms with Gasteiger partial charge in [-0.2, -0.15) is 0 Å². The van der Waals surface area contributed by atoms with Gasteiger partial charge in [-0.25, -0.2) is 0 Å². The number of amides is 1. The maximum atomic E-state index is 12.5. The summed E-state index contributed by atoms with van der Waals surface area (Å²) in [7, 11) is 0. The zero-order valence-electron chi connectivity index (χ0n) is 12.2. The quantitative estimate of drug-likeness (QED) is 0.847. The van der Waals surface area contributed by atoms with Crippen molar-refractivity contribution in [2.24, 2.45) is 0 Å². The molecule has 4 nitrogen and oxygen atoms in total. The molecule has 2 aliphatic heterocycles. The van der Waals surface area contributed by atoms with Crippen LogP contribution in [0, 0.1) is 0 Å². The molecule has 1 aromatic carbocycles. The Bertz CT molecular complexity index is 704. The summed E-state index contributed by atoms with van der Waals surface area (Å²) in [6, 6.07) is 7.89. The number of carbonyl (C=O) groups is 1. The van der Waals surface area contributed by atoms with E-state index >= 15 is 0 Å². The number of rotatable bonds is 2. The molecular formula is C17H17NO3S. The normalized spacial score (nSPS) is 16.8. The molecule has 0 spiro atoms. The number of hydrogen-bond acceptors (Lipinski definition) is 4. The number of ether oxygens (including phenoxy) is 2. The van der Waals surface area contributed by atoms with E-state index in [9.17, 15) is 4.79 Å². The minimum atomic E-state index is 0.156. The van der Waals surface area contributed by atoms with E-state index in [0.29, 0.717) is 0 Å². The van der Waals surface area contributed by atoms with Gasteiger partial charge in [0, 0.05) is 23.3 Å². The molecule has 0 bridgehead atoms. The van der Waals surface area contributed by atoms with Crippen molar-refractivity contribution in [3.8, 4) is 21.9 Å². The third-order valence-electron chi connectivity index (χ3n) is 4.15. The van der Waals surface area contributed by atoms with Crippen molar-refractivity contribution < 1.29 is 14.3 Å². The first kappa shape index (κ1) is 13.6. The van der Waals surface area contributed by atoms with Crippen LogP contribution in [0.4, 0.5) is 0 Å². The summed E-state index contributed by atoms with van der Waals surface area (Å²) >= 11 is 1.60. The van der Waals surface area contributed by atoms with Crippen molar-refractivity contribution in [2.45, 2.75) is 19.3 Å². The molecule has 1 fully saturated rings. The zero-order valence-corrected chi connectivity index (χ0v) is 13.0. The van der Waals surface area contributed by atoms with E-state index in [2.05, 4.69) is 0 Å². The summed E-state index contributed by atoms with van der Waals surface area (Å²) in [5.41, 5.74) is 1.85. The maximum absolute atomic E-state index is 12.5. The van der Waals surface area contributed by atoms with Gasteiger partial charge in [-0.1, -0.05) is 0 Å². The van der Waals surface area contributed by atoms with Crippen LogP contribution in [0.3, 0.4) is 0 Å². The Hall–Kier alpha value is -2.01. The molecule has 1 amide bonds. The molecule has 0 aliphatic carbocycles. The molecule has 3 heterocycles. The molecular weight excluding hydrogens is 298 g/mol. The van der Waals surface area contributed by atoms with Crippen LogP contribution in [0.2, 0.25) is 0 Å². The lowest BCUT2D eigenvalue weighted by atomic mass is 10.1. The highest BCUT2D eigenvalue weighted by Crippen LogP contribution is 2.37. The van der Waals surface area contributed by atoms with Crippen molar-refractivity contribution in [3.63, 3.8) is 0 Å². The highest BCUT2D eigenvalue weighted by atomic mass is 32.1. The molecule has 2 aliphatic rings. The van der Waals surface area contributed by atoms with Crippen molar-refractivity contribution in [1.82, 2.24) is 4.90 Å². The SMILES string of the molecule is O=C(c1csc(-c2ccc3c(c2)OCO3)c1)N1CCCCC1. The van der Waals surface area contributed by atoms with E-state index in [1.54, 1.807) is 11.3 Å². The molecule has 4 rings (SSSR count). The molecule has 0 radical (unpaired) electrons. The standard InChI is InChI=1S/C17H17NO3S/c19-17(18-6-2-1-3-7-18)13-9-16(22-10-13)12-4-5-14-15(8-12)21-11-20-14/h4-5,8-10H,1-3,6-7,11H2. The third-order valence-corrected chi connectivity index (χ3v) is 5.13. The number of benzene rings is 1. The van der Waals surface area contributed by atoms with Gasteiger partial charge in [0.15, 0.2) is 11.5 Å². The second-order valence-corrected chi connectivity index (χ2v) is 6.53. The first-order valence-corrected chi connectivity index (χ1v) is 8.47. The van der Waals surface area contributed by atoms with Crippen molar-refractivity contribution in [2.75, 3.05) is 19.9 Å². The Balaban J connectivity index is 1.57. The van der Waals surface area contributed by atoms with E-state index in [4.69, 9.17) is 9.47 Å². The highest BCUT2D eigenvalue weighted by molar-refractivity contribution is 7.13. The lowest BCUT2D eigenvalue weighted by Gasteiger charge is -2.26. The number of fused-ring (bicyclic) bond motifs is 1. The number of thiophene rings is 1. The van der Waals surface area contributed by atoms with E-state index in [0.717, 1.165) is 53.4 Å². The highest BCUT2D eigenvalue weighted by Gasteiger charge is 2.20. The fourth-order valence-corrected chi connectivity index (χ4v) is 3.81. The second-order valence-electron chi connectivity index (χ2n) is 5.62. The Morgan fingerprint density at radius 2 is 1.86 bits per heavy atom. The number of likely N-dealkylation sites (tertiary alicyclic amines) is 1. The van der Waals surface area contributed by atoms with Gasteiger partial charge in [0.05, 0.1) is 5.56 Å². The summed E-state index contributed by atoms with van der Waals surface area (Å²) in [6.45, 7) is 2.05. The average Bonchev–Trinajstić information content (AvgIpc) is 3.23. The van der Waals surface area contributed by atoms with E-state index in [1.807, 2.05) is 34.5 Å². The summed E-state index contributed by atoms with van der Waals surface area (Å²) in [5.74, 6) is 1.71.